The fraction of sp³-hybridized carbons (Fsp3) is 0.333. The van der Waals surface area contributed by atoms with Gasteiger partial charge in [-0.05, 0) is 24.3 Å². The van der Waals surface area contributed by atoms with Crippen molar-refractivity contribution in [3.63, 3.8) is 0 Å². The maximum Gasteiger partial charge on any atom is 0.253 e. The Morgan fingerprint density at radius 1 is 1.08 bits per heavy atom. The lowest BCUT2D eigenvalue weighted by Gasteiger charge is -2.34. The van der Waals surface area contributed by atoms with E-state index < -0.39 is 0 Å². The molecule has 0 aliphatic carbocycles. The number of benzene rings is 1. The number of hydrogen-bond acceptors (Lipinski definition) is 5. The lowest BCUT2D eigenvalue weighted by molar-refractivity contribution is 0.0615. The number of pyridine rings is 1. The van der Waals surface area contributed by atoms with E-state index in [1.807, 2.05) is 41.3 Å². The Morgan fingerprint density at radius 2 is 1.79 bits per heavy atom. The molecule has 1 aliphatic heterocycles. The number of aliphatic hydroxyl groups excluding tert-OH is 1. The zero-order chi connectivity index (χ0) is 16.9. The lowest BCUT2D eigenvalue weighted by Crippen LogP contribution is -2.49. The minimum absolute atomic E-state index is 0.0514. The summed E-state index contributed by atoms with van der Waals surface area (Å²) in [6, 6.07) is 11.2. The molecule has 0 bridgehead atoms. The molecule has 126 valence electrons. The monoisotopic (exact) mass is 326 g/mol. The van der Waals surface area contributed by atoms with Crippen LogP contribution in [-0.4, -0.2) is 65.1 Å². The molecule has 6 heteroatoms. The topological polar surface area (TPSA) is 82.7 Å². The predicted octanol–water partition coefficient (Wildman–Crippen LogP) is 1.08. The van der Waals surface area contributed by atoms with E-state index in [9.17, 15) is 4.79 Å². The van der Waals surface area contributed by atoms with Crippen LogP contribution in [0.5, 0.6) is 0 Å². The van der Waals surface area contributed by atoms with Gasteiger partial charge in [-0.2, -0.15) is 0 Å². The van der Waals surface area contributed by atoms with Gasteiger partial charge in [-0.25, -0.2) is 0 Å². The van der Waals surface area contributed by atoms with Crippen LogP contribution in [0.3, 0.4) is 0 Å². The number of aliphatic hydroxyl groups is 1. The molecule has 1 aliphatic rings. The fourth-order valence-corrected chi connectivity index (χ4v) is 2.86. The van der Waals surface area contributed by atoms with Crippen molar-refractivity contribution in [3.05, 3.63) is 48.2 Å². The van der Waals surface area contributed by atoms with Gasteiger partial charge >= 0.3 is 0 Å². The van der Waals surface area contributed by atoms with Crippen LogP contribution in [0.1, 0.15) is 10.4 Å². The summed E-state index contributed by atoms with van der Waals surface area (Å²) in [5, 5.41) is 8.97. The number of aromatic nitrogens is 1. The molecular weight excluding hydrogens is 304 g/mol. The van der Waals surface area contributed by atoms with Crippen LogP contribution in [0.4, 0.5) is 5.69 Å². The predicted molar refractivity (Wildman–Crippen MR) is 93.5 cm³/mol. The molecule has 1 saturated heterocycles. The van der Waals surface area contributed by atoms with Crippen molar-refractivity contribution < 1.29 is 9.90 Å². The third kappa shape index (κ3) is 3.72. The second-order valence-electron chi connectivity index (χ2n) is 5.91. The quantitative estimate of drug-likeness (QED) is 0.878. The highest BCUT2D eigenvalue weighted by atomic mass is 16.3. The second kappa shape index (κ2) is 7.42. The van der Waals surface area contributed by atoms with Gasteiger partial charge in [0.1, 0.15) is 0 Å². The summed E-state index contributed by atoms with van der Waals surface area (Å²) in [5.74, 6) is 0.0514. The Labute approximate surface area is 141 Å². The smallest absolute Gasteiger partial charge is 0.253 e. The number of nitrogens with zero attached hydrogens (tertiary/aromatic N) is 3. The third-order valence-corrected chi connectivity index (χ3v) is 4.29. The first-order valence-corrected chi connectivity index (χ1v) is 8.12. The Balaban J connectivity index is 1.65. The number of rotatable bonds is 4. The molecule has 3 N–H and O–H groups in total. The van der Waals surface area contributed by atoms with Crippen molar-refractivity contribution in [2.45, 2.75) is 0 Å². The van der Waals surface area contributed by atoms with Gasteiger partial charge in [0.25, 0.3) is 5.91 Å². The number of anilines is 1. The van der Waals surface area contributed by atoms with Crippen molar-refractivity contribution in [3.8, 4) is 11.3 Å². The Kier molecular flexibility index (Phi) is 5.08. The van der Waals surface area contributed by atoms with E-state index in [1.165, 1.54) is 0 Å². The summed E-state index contributed by atoms with van der Waals surface area (Å²) in [4.78, 5) is 20.9. The first-order valence-electron chi connectivity index (χ1n) is 8.12. The van der Waals surface area contributed by atoms with Gasteiger partial charge in [0.15, 0.2) is 0 Å². The summed E-state index contributed by atoms with van der Waals surface area (Å²) in [7, 11) is 0. The largest absolute Gasteiger partial charge is 0.397 e. The van der Waals surface area contributed by atoms with Crippen molar-refractivity contribution >= 4 is 11.6 Å². The molecule has 0 radical (unpaired) electrons. The number of β-amino-alcohol motifs (C(OH)–C–C–N with tert-alkyl or cyclic N) is 1. The van der Waals surface area contributed by atoms with Crippen LogP contribution in [-0.2, 0) is 0 Å². The van der Waals surface area contributed by atoms with Crippen molar-refractivity contribution in [2.24, 2.45) is 0 Å². The lowest BCUT2D eigenvalue weighted by atomic mass is 10.1. The van der Waals surface area contributed by atoms with Gasteiger partial charge in [-0.15, -0.1) is 0 Å². The number of hydrogen-bond donors (Lipinski definition) is 2. The number of piperazine rings is 1. The standard InChI is InChI=1S/C18H22N4O2/c19-16-5-6-17(20-13-16)14-1-3-15(4-2-14)18(24)22-9-7-21(8-10-22)11-12-23/h1-6,13,23H,7-12,19H2. The molecule has 2 aromatic rings. The van der Waals surface area contributed by atoms with Crippen LogP contribution in [0.25, 0.3) is 11.3 Å². The molecule has 2 heterocycles. The fourth-order valence-electron chi connectivity index (χ4n) is 2.86. The summed E-state index contributed by atoms with van der Waals surface area (Å²) < 4.78 is 0. The Morgan fingerprint density at radius 3 is 2.38 bits per heavy atom. The minimum Gasteiger partial charge on any atom is -0.397 e. The normalized spacial score (nSPS) is 15.5. The third-order valence-electron chi connectivity index (χ3n) is 4.29. The summed E-state index contributed by atoms with van der Waals surface area (Å²) in [6.45, 7) is 3.83. The average Bonchev–Trinajstić information content (AvgIpc) is 2.63. The molecule has 6 nitrogen and oxygen atoms in total. The summed E-state index contributed by atoms with van der Waals surface area (Å²) >= 11 is 0. The highest BCUT2D eigenvalue weighted by Crippen LogP contribution is 2.19. The van der Waals surface area contributed by atoms with Crippen LogP contribution in [0.15, 0.2) is 42.6 Å². The van der Waals surface area contributed by atoms with Gasteiger partial charge in [0, 0.05) is 43.9 Å². The molecule has 0 unspecified atom stereocenters. The average molecular weight is 326 g/mol. The van der Waals surface area contributed by atoms with E-state index >= 15 is 0 Å². The highest BCUT2D eigenvalue weighted by Gasteiger charge is 2.21. The van der Waals surface area contributed by atoms with E-state index in [0.717, 1.165) is 24.3 Å². The van der Waals surface area contributed by atoms with E-state index in [1.54, 1.807) is 6.20 Å². The highest BCUT2D eigenvalue weighted by molar-refractivity contribution is 5.94. The van der Waals surface area contributed by atoms with Crippen LogP contribution in [0.2, 0.25) is 0 Å². The van der Waals surface area contributed by atoms with Gasteiger partial charge in [-0.3, -0.25) is 14.7 Å². The van der Waals surface area contributed by atoms with Crippen molar-refractivity contribution in [2.75, 3.05) is 45.1 Å². The van der Waals surface area contributed by atoms with Crippen molar-refractivity contribution in [1.82, 2.24) is 14.8 Å². The molecule has 0 spiro atoms. The van der Waals surface area contributed by atoms with Crippen LogP contribution in [0, 0.1) is 0 Å². The molecule has 3 rings (SSSR count). The zero-order valence-corrected chi connectivity index (χ0v) is 13.6. The molecule has 1 aromatic heterocycles. The van der Waals surface area contributed by atoms with E-state index in [-0.39, 0.29) is 12.5 Å². The summed E-state index contributed by atoms with van der Waals surface area (Å²) in [6.07, 6.45) is 1.63. The number of carbonyl (C=O) groups excluding carboxylic acids is 1. The van der Waals surface area contributed by atoms with Crippen LogP contribution < -0.4 is 5.73 Å². The molecule has 24 heavy (non-hydrogen) atoms. The molecule has 0 atom stereocenters. The van der Waals surface area contributed by atoms with Crippen LogP contribution >= 0.6 is 0 Å². The minimum atomic E-state index is 0.0514. The molecular formula is C18H22N4O2. The zero-order valence-electron chi connectivity index (χ0n) is 13.6. The van der Waals surface area contributed by atoms with E-state index in [0.29, 0.717) is 30.9 Å². The number of amides is 1. The number of nitrogen functional groups attached to an aromatic ring is 1. The molecule has 0 saturated carbocycles. The van der Waals surface area contributed by atoms with Gasteiger partial charge in [0.2, 0.25) is 0 Å². The molecule has 1 amide bonds. The number of carbonyl (C=O) groups is 1. The maximum atomic E-state index is 12.6. The Bertz CT molecular complexity index is 677. The summed E-state index contributed by atoms with van der Waals surface area (Å²) in [5.41, 5.74) is 8.76. The van der Waals surface area contributed by atoms with Gasteiger partial charge in [-0.1, -0.05) is 12.1 Å². The Hall–Kier alpha value is -2.44. The first kappa shape index (κ1) is 16.4. The van der Waals surface area contributed by atoms with Gasteiger partial charge < -0.3 is 15.7 Å². The molecule has 1 aromatic carbocycles. The van der Waals surface area contributed by atoms with Gasteiger partial charge in [0.05, 0.1) is 24.2 Å². The first-order chi connectivity index (χ1) is 11.7. The second-order valence-corrected chi connectivity index (χ2v) is 5.91. The van der Waals surface area contributed by atoms with E-state index in [4.69, 9.17) is 10.8 Å². The number of nitrogens with two attached hydrogens (primary N) is 1. The SMILES string of the molecule is Nc1ccc(-c2ccc(C(=O)N3CCN(CCO)CC3)cc2)nc1. The maximum absolute atomic E-state index is 12.6. The molecule has 1 fully saturated rings. The van der Waals surface area contributed by atoms with Crippen molar-refractivity contribution in [1.29, 1.82) is 0 Å². The van der Waals surface area contributed by atoms with E-state index in [2.05, 4.69) is 9.88 Å².